The van der Waals surface area contributed by atoms with E-state index in [1.807, 2.05) is 6.07 Å². The number of hydrogen-bond donors (Lipinski definition) is 1. The SMILES string of the molecule is CC(C#N)NC(=O)N1CCCCC1. The molecule has 1 heterocycles. The van der Waals surface area contributed by atoms with Crippen LogP contribution in [0.4, 0.5) is 4.79 Å². The molecular formula is C9H15N3O. The highest BCUT2D eigenvalue weighted by Crippen LogP contribution is 2.08. The van der Waals surface area contributed by atoms with E-state index in [0.717, 1.165) is 25.9 Å². The second-order valence-electron chi connectivity index (χ2n) is 3.35. The fourth-order valence-corrected chi connectivity index (χ4v) is 1.41. The first kappa shape index (κ1) is 9.85. The lowest BCUT2D eigenvalue weighted by Gasteiger charge is -2.27. The minimum Gasteiger partial charge on any atom is -0.325 e. The lowest BCUT2D eigenvalue weighted by molar-refractivity contribution is 0.185. The molecule has 1 unspecified atom stereocenters. The second kappa shape index (κ2) is 4.70. The first-order valence-electron chi connectivity index (χ1n) is 4.69. The fraction of sp³-hybridized carbons (Fsp3) is 0.778. The van der Waals surface area contributed by atoms with Crippen molar-refractivity contribution in [2.24, 2.45) is 0 Å². The van der Waals surface area contributed by atoms with Crippen LogP contribution in [0.3, 0.4) is 0 Å². The molecule has 2 amide bonds. The highest BCUT2D eigenvalue weighted by molar-refractivity contribution is 5.74. The summed E-state index contributed by atoms with van der Waals surface area (Å²) in [5.41, 5.74) is 0. The average Bonchev–Trinajstić information content (AvgIpc) is 2.19. The van der Waals surface area contributed by atoms with Crippen LogP contribution in [0, 0.1) is 11.3 Å². The van der Waals surface area contributed by atoms with E-state index in [0.29, 0.717) is 0 Å². The smallest absolute Gasteiger partial charge is 0.318 e. The van der Waals surface area contributed by atoms with Crippen molar-refractivity contribution in [3.05, 3.63) is 0 Å². The molecule has 0 aliphatic carbocycles. The number of piperidine rings is 1. The van der Waals surface area contributed by atoms with Gasteiger partial charge in [-0.25, -0.2) is 4.79 Å². The summed E-state index contributed by atoms with van der Waals surface area (Å²) in [5.74, 6) is 0. The predicted molar refractivity (Wildman–Crippen MR) is 49.0 cm³/mol. The molecule has 1 N–H and O–H groups in total. The molecule has 1 rings (SSSR count). The molecule has 0 spiro atoms. The van der Waals surface area contributed by atoms with Crippen LogP contribution >= 0.6 is 0 Å². The Labute approximate surface area is 78.5 Å². The maximum absolute atomic E-state index is 11.4. The van der Waals surface area contributed by atoms with Crippen molar-refractivity contribution in [2.45, 2.75) is 32.2 Å². The Hall–Kier alpha value is -1.24. The normalized spacial score (nSPS) is 18.9. The number of carbonyl (C=O) groups is 1. The number of carbonyl (C=O) groups excluding carboxylic acids is 1. The zero-order chi connectivity index (χ0) is 9.68. The average molecular weight is 181 g/mol. The molecule has 1 aliphatic heterocycles. The Morgan fingerprint density at radius 1 is 1.46 bits per heavy atom. The molecule has 72 valence electrons. The Morgan fingerprint density at radius 2 is 2.08 bits per heavy atom. The first-order chi connectivity index (χ1) is 6.24. The molecule has 0 aromatic heterocycles. The third kappa shape index (κ3) is 2.94. The highest BCUT2D eigenvalue weighted by atomic mass is 16.2. The molecule has 0 saturated carbocycles. The van der Waals surface area contributed by atoms with Gasteiger partial charge in [0.1, 0.15) is 6.04 Å². The number of nitrogens with zero attached hydrogens (tertiary/aromatic N) is 2. The van der Waals surface area contributed by atoms with Gasteiger partial charge in [0, 0.05) is 13.1 Å². The van der Waals surface area contributed by atoms with Crippen molar-refractivity contribution in [1.29, 1.82) is 5.26 Å². The Kier molecular flexibility index (Phi) is 3.56. The zero-order valence-electron chi connectivity index (χ0n) is 7.92. The molecule has 4 heteroatoms. The van der Waals surface area contributed by atoms with E-state index in [1.54, 1.807) is 11.8 Å². The van der Waals surface area contributed by atoms with E-state index in [2.05, 4.69) is 5.32 Å². The van der Waals surface area contributed by atoms with Crippen molar-refractivity contribution in [3.8, 4) is 6.07 Å². The fourth-order valence-electron chi connectivity index (χ4n) is 1.41. The summed E-state index contributed by atoms with van der Waals surface area (Å²) in [4.78, 5) is 13.2. The van der Waals surface area contributed by atoms with Gasteiger partial charge in [0.25, 0.3) is 0 Å². The summed E-state index contributed by atoms with van der Waals surface area (Å²) in [6.07, 6.45) is 3.36. The number of hydrogen-bond acceptors (Lipinski definition) is 2. The van der Waals surface area contributed by atoms with Crippen molar-refractivity contribution >= 4 is 6.03 Å². The Bertz CT molecular complexity index is 215. The van der Waals surface area contributed by atoms with Crippen LogP contribution < -0.4 is 5.32 Å². The first-order valence-corrected chi connectivity index (χ1v) is 4.69. The van der Waals surface area contributed by atoms with E-state index in [-0.39, 0.29) is 6.03 Å². The maximum atomic E-state index is 11.4. The van der Waals surface area contributed by atoms with Crippen molar-refractivity contribution in [1.82, 2.24) is 10.2 Å². The molecule has 1 fully saturated rings. The zero-order valence-corrected chi connectivity index (χ0v) is 7.92. The number of likely N-dealkylation sites (tertiary alicyclic amines) is 1. The minimum atomic E-state index is -0.394. The molecular weight excluding hydrogens is 166 g/mol. The molecule has 0 aromatic carbocycles. The summed E-state index contributed by atoms with van der Waals surface area (Å²) in [7, 11) is 0. The van der Waals surface area contributed by atoms with Crippen LogP contribution in [0.2, 0.25) is 0 Å². The second-order valence-corrected chi connectivity index (χ2v) is 3.35. The van der Waals surface area contributed by atoms with Gasteiger partial charge in [-0.3, -0.25) is 0 Å². The summed E-state index contributed by atoms with van der Waals surface area (Å²) in [6.45, 7) is 3.33. The molecule has 0 bridgehead atoms. The number of amides is 2. The van der Waals surface area contributed by atoms with Crippen molar-refractivity contribution in [3.63, 3.8) is 0 Å². The molecule has 4 nitrogen and oxygen atoms in total. The molecule has 1 saturated heterocycles. The molecule has 1 aliphatic rings. The lowest BCUT2D eigenvalue weighted by Crippen LogP contribution is -2.45. The minimum absolute atomic E-state index is 0.103. The van der Waals surface area contributed by atoms with Gasteiger partial charge in [-0.2, -0.15) is 5.26 Å². The van der Waals surface area contributed by atoms with Crippen molar-refractivity contribution < 1.29 is 4.79 Å². The molecule has 1 atom stereocenters. The van der Waals surface area contributed by atoms with Gasteiger partial charge >= 0.3 is 6.03 Å². The quantitative estimate of drug-likeness (QED) is 0.658. The number of urea groups is 1. The van der Waals surface area contributed by atoms with Gasteiger partial charge in [0.15, 0.2) is 0 Å². The summed E-state index contributed by atoms with van der Waals surface area (Å²) in [5, 5.41) is 11.1. The highest BCUT2D eigenvalue weighted by Gasteiger charge is 2.17. The predicted octanol–water partition coefficient (Wildman–Crippen LogP) is 1.09. The van der Waals surface area contributed by atoms with Crippen LogP contribution in [0.25, 0.3) is 0 Å². The third-order valence-corrected chi connectivity index (χ3v) is 2.18. The van der Waals surface area contributed by atoms with Crippen LogP contribution in [0.5, 0.6) is 0 Å². The van der Waals surface area contributed by atoms with Crippen molar-refractivity contribution in [2.75, 3.05) is 13.1 Å². The van der Waals surface area contributed by atoms with Gasteiger partial charge in [0.05, 0.1) is 6.07 Å². The third-order valence-electron chi connectivity index (χ3n) is 2.18. The van der Waals surface area contributed by atoms with Gasteiger partial charge < -0.3 is 10.2 Å². The topological polar surface area (TPSA) is 56.1 Å². The Balaban J connectivity index is 2.34. The van der Waals surface area contributed by atoms with Gasteiger partial charge in [0.2, 0.25) is 0 Å². The monoisotopic (exact) mass is 181 g/mol. The van der Waals surface area contributed by atoms with Crippen LogP contribution in [0.1, 0.15) is 26.2 Å². The molecule has 13 heavy (non-hydrogen) atoms. The number of nitriles is 1. The van der Waals surface area contributed by atoms with E-state index in [4.69, 9.17) is 5.26 Å². The van der Waals surface area contributed by atoms with E-state index >= 15 is 0 Å². The van der Waals surface area contributed by atoms with Crippen LogP contribution in [-0.4, -0.2) is 30.1 Å². The maximum Gasteiger partial charge on any atom is 0.318 e. The Morgan fingerprint density at radius 3 is 2.62 bits per heavy atom. The van der Waals surface area contributed by atoms with Crippen LogP contribution in [0.15, 0.2) is 0 Å². The largest absolute Gasteiger partial charge is 0.325 e. The van der Waals surface area contributed by atoms with Gasteiger partial charge in [-0.05, 0) is 26.2 Å². The van der Waals surface area contributed by atoms with E-state index in [9.17, 15) is 4.79 Å². The lowest BCUT2D eigenvalue weighted by atomic mass is 10.1. The van der Waals surface area contributed by atoms with Gasteiger partial charge in [-0.1, -0.05) is 0 Å². The summed E-state index contributed by atoms with van der Waals surface area (Å²) >= 11 is 0. The summed E-state index contributed by atoms with van der Waals surface area (Å²) < 4.78 is 0. The van der Waals surface area contributed by atoms with Crippen LogP contribution in [-0.2, 0) is 0 Å². The molecule has 0 aromatic rings. The standard InChI is InChI=1S/C9H15N3O/c1-8(7-10)11-9(13)12-5-3-2-4-6-12/h8H,2-6H2,1H3,(H,11,13). The number of nitrogens with one attached hydrogen (secondary N) is 1. The van der Waals surface area contributed by atoms with E-state index < -0.39 is 6.04 Å². The number of rotatable bonds is 1. The van der Waals surface area contributed by atoms with Gasteiger partial charge in [-0.15, -0.1) is 0 Å². The summed E-state index contributed by atoms with van der Waals surface area (Å²) in [6, 6.07) is 1.48. The van der Waals surface area contributed by atoms with E-state index in [1.165, 1.54) is 6.42 Å². The molecule has 0 radical (unpaired) electrons.